The van der Waals surface area contributed by atoms with Crippen LogP contribution < -0.4 is 5.32 Å². The minimum absolute atomic E-state index is 0.168. The summed E-state index contributed by atoms with van der Waals surface area (Å²) in [6.07, 6.45) is 0.789. The van der Waals surface area contributed by atoms with Crippen LogP contribution in [0.1, 0.15) is 30.6 Å². The fourth-order valence-corrected chi connectivity index (χ4v) is 1.21. The first-order chi connectivity index (χ1) is 10.3. The maximum Gasteiger partial charge on any atom is 0.414 e. The van der Waals surface area contributed by atoms with Crippen molar-refractivity contribution in [2.24, 2.45) is 0 Å². The molecule has 0 unspecified atom stereocenters. The molecule has 0 fully saturated rings. The molecular formula is C14H17NO7. The zero-order valence-corrected chi connectivity index (χ0v) is 12.2. The van der Waals surface area contributed by atoms with Gasteiger partial charge in [-0.15, -0.1) is 0 Å². The zero-order valence-electron chi connectivity index (χ0n) is 12.2. The van der Waals surface area contributed by atoms with Crippen LogP contribution in [-0.4, -0.2) is 40.6 Å². The minimum Gasteiger partial charge on any atom is -0.473 e. The van der Waals surface area contributed by atoms with Gasteiger partial charge in [0.2, 0.25) is 5.91 Å². The van der Waals surface area contributed by atoms with E-state index in [0.29, 0.717) is 17.9 Å². The molecule has 22 heavy (non-hydrogen) atoms. The Morgan fingerprint density at radius 3 is 2.18 bits per heavy atom. The third-order valence-electron chi connectivity index (χ3n) is 2.04. The van der Waals surface area contributed by atoms with Crippen molar-refractivity contribution < 1.29 is 34.1 Å². The normalized spacial score (nSPS) is 9.00. The fraction of sp³-hybridized carbons (Fsp3) is 0.286. The Morgan fingerprint density at radius 1 is 1.14 bits per heavy atom. The van der Waals surface area contributed by atoms with Crippen LogP contribution in [0.5, 0.6) is 0 Å². The summed E-state index contributed by atoms with van der Waals surface area (Å²) in [5.41, 5.74) is 1.04. The molecule has 0 radical (unpaired) electrons. The minimum atomic E-state index is -1.82. The molecule has 3 N–H and O–H groups in total. The molecule has 0 saturated carbocycles. The summed E-state index contributed by atoms with van der Waals surface area (Å²) in [5.74, 6) is -4.18. The van der Waals surface area contributed by atoms with Crippen molar-refractivity contribution in [2.75, 3.05) is 11.9 Å². The van der Waals surface area contributed by atoms with Crippen molar-refractivity contribution in [3.05, 3.63) is 29.8 Å². The molecule has 1 aromatic carbocycles. The summed E-state index contributed by atoms with van der Waals surface area (Å²) in [7, 11) is 0. The van der Waals surface area contributed by atoms with Gasteiger partial charge in [0.1, 0.15) is 0 Å². The maximum absolute atomic E-state index is 11.5. The van der Waals surface area contributed by atoms with Gasteiger partial charge in [0, 0.05) is 12.6 Å². The van der Waals surface area contributed by atoms with Gasteiger partial charge in [-0.05, 0) is 24.6 Å². The second kappa shape index (κ2) is 9.92. The first-order valence-corrected chi connectivity index (χ1v) is 6.28. The van der Waals surface area contributed by atoms with Crippen LogP contribution in [0.4, 0.5) is 5.69 Å². The first kappa shape index (κ1) is 19.1. The molecule has 8 heteroatoms. The van der Waals surface area contributed by atoms with E-state index in [1.54, 1.807) is 24.3 Å². The van der Waals surface area contributed by atoms with E-state index < -0.39 is 11.9 Å². The molecule has 0 aliphatic carbocycles. The van der Waals surface area contributed by atoms with E-state index in [2.05, 4.69) is 5.32 Å². The monoisotopic (exact) mass is 311 g/mol. The number of carboxylic acids is 2. The second-order valence-electron chi connectivity index (χ2n) is 4.01. The third-order valence-corrected chi connectivity index (χ3v) is 2.04. The number of carbonyl (C=O) groups excluding carboxylic acids is 2. The SMILES string of the molecule is CCCOC(=O)c1cccc(NC(C)=O)c1.O=C(O)C(=O)O. The number of hydrogen-bond acceptors (Lipinski definition) is 5. The highest BCUT2D eigenvalue weighted by molar-refractivity contribution is 6.27. The number of hydrogen-bond donors (Lipinski definition) is 3. The zero-order chi connectivity index (χ0) is 17.1. The molecule has 1 amide bonds. The van der Waals surface area contributed by atoms with Gasteiger partial charge in [-0.25, -0.2) is 14.4 Å². The molecule has 8 nitrogen and oxygen atoms in total. The summed E-state index contributed by atoms with van der Waals surface area (Å²) < 4.78 is 4.99. The number of ether oxygens (including phenoxy) is 1. The average Bonchev–Trinajstić information content (AvgIpc) is 2.44. The summed E-state index contributed by atoms with van der Waals surface area (Å²) >= 11 is 0. The van der Waals surface area contributed by atoms with E-state index in [-0.39, 0.29) is 11.9 Å². The predicted octanol–water partition coefficient (Wildman–Crippen LogP) is 1.37. The fourth-order valence-electron chi connectivity index (χ4n) is 1.21. The molecule has 0 spiro atoms. The number of amides is 1. The highest BCUT2D eigenvalue weighted by Crippen LogP contribution is 2.11. The number of carbonyl (C=O) groups is 4. The lowest BCUT2D eigenvalue weighted by Crippen LogP contribution is -2.09. The number of aliphatic carboxylic acids is 2. The summed E-state index contributed by atoms with van der Waals surface area (Å²) in [4.78, 5) is 40.5. The molecule has 120 valence electrons. The Morgan fingerprint density at radius 2 is 1.73 bits per heavy atom. The van der Waals surface area contributed by atoms with Crippen molar-refractivity contribution in [3.8, 4) is 0 Å². The van der Waals surface area contributed by atoms with Gasteiger partial charge in [-0.1, -0.05) is 13.0 Å². The third kappa shape index (κ3) is 8.31. The second-order valence-corrected chi connectivity index (χ2v) is 4.01. The van der Waals surface area contributed by atoms with E-state index in [4.69, 9.17) is 24.5 Å². The van der Waals surface area contributed by atoms with E-state index in [1.807, 2.05) is 6.92 Å². The Labute approximate surface area is 126 Å². The molecule has 0 aliphatic heterocycles. The van der Waals surface area contributed by atoms with Crippen molar-refractivity contribution >= 4 is 29.5 Å². The molecule has 0 atom stereocenters. The van der Waals surface area contributed by atoms with Gasteiger partial charge in [0.05, 0.1) is 12.2 Å². The number of rotatable bonds is 4. The molecule has 1 aromatic rings. The quantitative estimate of drug-likeness (QED) is 0.565. The van der Waals surface area contributed by atoms with Gasteiger partial charge >= 0.3 is 17.9 Å². The van der Waals surface area contributed by atoms with E-state index in [1.165, 1.54) is 6.92 Å². The largest absolute Gasteiger partial charge is 0.473 e. The molecule has 1 rings (SSSR count). The van der Waals surface area contributed by atoms with Crippen LogP contribution in [0, 0.1) is 0 Å². The molecule has 0 bridgehead atoms. The lowest BCUT2D eigenvalue weighted by Gasteiger charge is -2.05. The van der Waals surface area contributed by atoms with E-state index >= 15 is 0 Å². The van der Waals surface area contributed by atoms with Gasteiger partial charge in [-0.2, -0.15) is 0 Å². The Kier molecular flexibility index (Phi) is 8.61. The van der Waals surface area contributed by atoms with Crippen LogP contribution in [-0.2, 0) is 19.1 Å². The summed E-state index contributed by atoms with van der Waals surface area (Å²) in [5, 5.41) is 17.4. The molecule has 0 aliphatic rings. The maximum atomic E-state index is 11.5. The smallest absolute Gasteiger partial charge is 0.414 e. The lowest BCUT2D eigenvalue weighted by molar-refractivity contribution is -0.159. The topological polar surface area (TPSA) is 130 Å². The van der Waals surface area contributed by atoms with Crippen molar-refractivity contribution in [3.63, 3.8) is 0 Å². The molecule has 0 aromatic heterocycles. The number of nitrogens with one attached hydrogen (secondary N) is 1. The van der Waals surface area contributed by atoms with Crippen molar-refractivity contribution in [2.45, 2.75) is 20.3 Å². The van der Waals surface area contributed by atoms with Gasteiger partial charge < -0.3 is 20.3 Å². The summed E-state index contributed by atoms with van der Waals surface area (Å²) in [6.45, 7) is 3.76. The predicted molar refractivity (Wildman–Crippen MR) is 76.6 cm³/mol. The summed E-state index contributed by atoms with van der Waals surface area (Å²) in [6, 6.07) is 6.68. The van der Waals surface area contributed by atoms with Crippen LogP contribution in [0.2, 0.25) is 0 Å². The van der Waals surface area contributed by atoms with Crippen LogP contribution in [0.25, 0.3) is 0 Å². The number of anilines is 1. The van der Waals surface area contributed by atoms with Crippen molar-refractivity contribution in [1.29, 1.82) is 0 Å². The highest BCUT2D eigenvalue weighted by atomic mass is 16.5. The number of benzene rings is 1. The first-order valence-electron chi connectivity index (χ1n) is 6.28. The van der Waals surface area contributed by atoms with Crippen LogP contribution in [0.3, 0.4) is 0 Å². The Hall–Kier alpha value is -2.90. The number of carboxylic acid groups (broad SMARTS) is 2. The molecule has 0 saturated heterocycles. The van der Waals surface area contributed by atoms with E-state index in [0.717, 1.165) is 6.42 Å². The van der Waals surface area contributed by atoms with Gasteiger partial charge in [-0.3, -0.25) is 4.79 Å². The van der Waals surface area contributed by atoms with Crippen LogP contribution in [0.15, 0.2) is 24.3 Å². The van der Waals surface area contributed by atoms with Crippen LogP contribution >= 0.6 is 0 Å². The standard InChI is InChI=1S/C12H15NO3.C2H2O4/c1-3-7-16-12(15)10-5-4-6-11(8-10)13-9(2)14;3-1(4)2(5)6/h4-6,8H,3,7H2,1-2H3,(H,13,14);(H,3,4)(H,5,6). The molecular weight excluding hydrogens is 294 g/mol. The Bertz CT molecular complexity index is 542. The highest BCUT2D eigenvalue weighted by Gasteiger charge is 2.07. The van der Waals surface area contributed by atoms with Crippen molar-refractivity contribution in [1.82, 2.24) is 0 Å². The van der Waals surface area contributed by atoms with Gasteiger partial charge in [0.25, 0.3) is 0 Å². The lowest BCUT2D eigenvalue weighted by atomic mass is 10.2. The molecule has 0 heterocycles. The Balaban J connectivity index is 0.000000626. The van der Waals surface area contributed by atoms with E-state index in [9.17, 15) is 9.59 Å². The van der Waals surface area contributed by atoms with Gasteiger partial charge in [0.15, 0.2) is 0 Å². The average molecular weight is 311 g/mol. The number of esters is 1.